The van der Waals surface area contributed by atoms with Crippen LogP contribution in [0.5, 0.6) is 5.75 Å². The lowest BCUT2D eigenvalue weighted by Crippen LogP contribution is -2.49. The predicted octanol–water partition coefficient (Wildman–Crippen LogP) is 2.78. The average Bonchev–Trinajstić information content (AvgIpc) is 2.42. The molecule has 2 unspecified atom stereocenters. The van der Waals surface area contributed by atoms with Gasteiger partial charge in [-0.2, -0.15) is 0 Å². The number of hydrazine groups is 1. The first-order chi connectivity index (χ1) is 9.53. The summed E-state index contributed by atoms with van der Waals surface area (Å²) in [5, 5.41) is 0.689. The zero-order valence-corrected chi connectivity index (χ0v) is 13.4. The fourth-order valence-electron chi connectivity index (χ4n) is 2.38. The zero-order valence-electron chi connectivity index (χ0n) is 12.7. The molecule has 0 spiro atoms. The molecule has 2 atom stereocenters. The van der Waals surface area contributed by atoms with E-state index in [0.717, 1.165) is 11.3 Å². The van der Waals surface area contributed by atoms with Crippen molar-refractivity contribution in [3.8, 4) is 5.75 Å². The topological polar surface area (TPSA) is 56.5 Å². The molecule has 0 bridgehead atoms. The van der Waals surface area contributed by atoms with Crippen molar-refractivity contribution in [1.82, 2.24) is 5.43 Å². The minimum Gasteiger partial charge on any atom is -0.496 e. The monoisotopic (exact) mass is 300 g/mol. The molecule has 1 aromatic carbocycles. The van der Waals surface area contributed by atoms with Crippen LogP contribution in [0.2, 0.25) is 5.02 Å². The van der Waals surface area contributed by atoms with Gasteiger partial charge in [0.25, 0.3) is 0 Å². The molecule has 0 heterocycles. The molecular formula is C15H25ClN2O2. The highest BCUT2D eigenvalue weighted by Gasteiger charge is 2.25. The molecule has 0 fully saturated rings. The molecule has 0 radical (unpaired) electrons. The summed E-state index contributed by atoms with van der Waals surface area (Å²) in [6.07, 6.45) is 0.733. The number of nitrogens with two attached hydrogens (primary N) is 1. The summed E-state index contributed by atoms with van der Waals surface area (Å²) >= 11 is 6.07. The lowest BCUT2D eigenvalue weighted by atomic mass is 9.94. The molecule has 5 heteroatoms. The Morgan fingerprint density at radius 1 is 1.35 bits per heavy atom. The molecule has 114 valence electrons. The van der Waals surface area contributed by atoms with E-state index in [1.807, 2.05) is 25.1 Å². The van der Waals surface area contributed by atoms with Crippen molar-refractivity contribution in [3.63, 3.8) is 0 Å². The van der Waals surface area contributed by atoms with Crippen molar-refractivity contribution in [2.24, 2.45) is 11.8 Å². The van der Waals surface area contributed by atoms with Crippen molar-refractivity contribution < 1.29 is 9.47 Å². The van der Waals surface area contributed by atoms with Crippen LogP contribution >= 0.6 is 11.6 Å². The van der Waals surface area contributed by atoms with Crippen LogP contribution in [-0.2, 0) is 11.2 Å². The summed E-state index contributed by atoms with van der Waals surface area (Å²) in [6.45, 7) is 6.90. The Bertz CT molecular complexity index is 413. The Hall–Kier alpha value is -0.810. The second-order valence-electron chi connectivity index (χ2n) is 5.10. The Balaban J connectivity index is 2.94. The van der Waals surface area contributed by atoms with Crippen LogP contribution in [0.3, 0.4) is 0 Å². The third-order valence-corrected chi connectivity index (χ3v) is 3.54. The Labute approximate surface area is 126 Å². The van der Waals surface area contributed by atoms with E-state index in [1.165, 1.54) is 0 Å². The minimum atomic E-state index is 0.00215. The maximum Gasteiger partial charge on any atom is 0.122 e. The van der Waals surface area contributed by atoms with Gasteiger partial charge in [0.15, 0.2) is 0 Å². The van der Waals surface area contributed by atoms with Gasteiger partial charge in [-0.05, 0) is 43.0 Å². The van der Waals surface area contributed by atoms with Gasteiger partial charge in [-0.1, -0.05) is 25.4 Å². The Kier molecular flexibility index (Phi) is 7.30. The molecule has 0 amide bonds. The van der Waals surface area contributed by atoms with Crippen molar-refractivity contribution in [3.05, 3.63) is 28.8 Å². The molecule has 3 N–H and O–H groups in total. The van der Waals surface area contributed by atoms with Crippen LogP contribution in [0.4, 0.5) is 0 Å². The van der Waals surface area contributed by atoms with E-state index in [4.69, 9.17) is 26.9 Å². The molecule has 1 aromatic rings. The van der Waals surface area contributed by atoms with Gasteiger partial charge in [-0.15, -0.1) is 0 Å². The van der Waals surface area contributed by atoms with Crippen molar-refractivity contribution in [2.75, 3.05) is 13.7 Å². The highest BCUT2D eigenvalue weighted by molar-refractivity contribution is 6.30. The lowest BCUT2D eigenvalue weighted by Gasteiger charge is -2.30. The first-order valence-electron chi connectivity index (χ1n) is 6.93. The average molecular weight is 301 g/mol. The van der Waals surface area contributed by atoms with Crippen LogP contribution in [0.25, 0.3) is 0 Å². The second-order valence-corrected chi connectivity index (χ2v) is 5.53. The van der Waals surface area contributed by atoms with Crippen LogP contribution in [0.1, 0.15) is 26.3 Å². The van der Waals surface area contributed by atoms with Gasteiger partial charge in [-0.25, -0.2) is 0 Å². The summed E-state index contributed by atoms with van der Waals surface area (Å²) in [5.74, 6) is 6.89. The number of ether oxygens (including phenoxy) is 2. The summed E-state index contributed by atoms with van der Waals surface area (Å²) < 4.78 is 11.2. The normalized spacial score (nSPS) is 14.3. The van der Waals surface area contributed by atoms with Gasteiger partial charge in [0.1, 0.15) is 5.75 Å². The summed E-state index contributed by atoms with van der Waals surface area (Å²) in [6, 6.07) is 5.60. The lowest BCUT2D eigenvalue weighted by molar-refractivity contribution is 0.00345. The molecule has 0 aliphatic carbocycles. The van der Waals surface area contributed by atoms with Crippen LogP contribution < -0.4 is 16.0 Å². The molecule has 20 heavy (non-hydrogen) atoms. The SMILES string of the molecule is CCOC(C(C)C)C(Cc1cc(Cl)ccc1OC)NN. The number of benzene rings is 1. The maximum absolute atomic E-state index is 6.07. The van der Waals surface area contributed by atoms with Crippen molar-refractivity contribution in [2.45, 2.75) is 39.3 Å². The quantitative estimate of drug-likeness (QED) is 0.572. The molecule has 0 aliphatic heterocycles. The number of nitrogens with one attached hydrogen (secondary N) is 1. The number of methoxy groups -OCH3 is 1. The van der Waals surface area contributed by atoms with E-state index in [9.17, 15) is 0 Å². The van der Waals surface area contributed by atoms with E-state index < -0.39 is 0 Å². The highest BCUT2D eigenvalue weighted by Crippen LogP contribution is 2.25. The smallest absolute Gasteiger partial charge is 0.122 e. The largest absolute Gasteiger partial charge is 0.496 e. The van der Waals surface area contributed by atoms with Gasteiger partial charge in [0.05, 0.1) is 19.3 Å². The van der Waals surface area contributed by atoms with E-state index in [1.54, 1.807) is 7.11 Å². The minimum absolute atomic E-state index is 0.00215. The zero-order chi connectivity index (χ0) is 15.1. The first-order valence-corrected chi connectivity index (χ1v) is 7.31. The van der Waals surface area contributed by atoms with Crippen LogP contribution in [-0.4, -0.2) is 25.9 Å². The van der Waals surface area contributed by atoms with Gasteiger partial charge in [-0.3, -0.25) is 11.3 Å². The van der Waals surface area contributed by atoms with Gasteiger partial charge in [0.2, 0.25) is 0 Å². The predicted molar refractivity (Wildman–Crippen MR) is 83.1 cm³/mol. The number of hydrogen-bond acceptors (Lipinski definition) is 4. The molecule has 0 aliphatic rings. The number of rotatable bonds is 8. The summed E-state index contributed by atoms with van der Waals surface area (Å²) in [4.78, 5) is 0. The van der Waals surface area contributed by atoms with E-state index in [-0.39, 0.29) is 12.1 Å². The standard InChI is InChI=1S/C15H25ClN2O2/c1-5-20-15(10(2)3)13(18-17)9-11-8-12(16)6-7-14(11)19-4/h6-8,10,13,15,18H,5,9,17H2,1-4H3. The molecule has 0 aromatic heterocycles. The molecular weight excluding hydrogens is 276 g/mol. The molecule has 1 rings (SSSR count). The second kappa shape index (κ2) is 8.47. The van der Waals surface area contributed by atoms with E-state index in [2.05, 4.69) is 19.3 Å². The Morgan fingerprint density at radius 2 is 2.05 bits per heavy atom. The molecule has 4 nitrogen and oxygen atoms in total. The van der Waals surface area contributed by atoms with Crippen molar-refractivity contribution >= 4 is 11.6 Å². The highest BCUT2D eigenvalue weighted by atomic mass is 35.5. The first kappa shape index (κ1) is 17.2. The van der Waals surface area contributed by atoms with E-state index in [0.29, 0.717) is 24.0 Å². The fourth-order valence-corrected chi connectivity index (χ4v) is 2.57. The van der Waals surface area contributed by atoms with Crippen molar-refractivity contribution in [1.29, 1.82) is 0 Å². The number of hydrogen-bond donors (Lipinski definition) is 2. The summed E-state index contributed by atoms with van der Waals surface area (Å²) in [5.41, 5.74) is 3.89. The third kappa shape index (κ3) is 4.63. The van der Waals surface area contributed by atoms with E-state index >= 15 is 0 Å². The number of halogens is 1. The van der Waals surface area contributed by atoms with Gasteiger partial charge >= 0.3 is 0 Å². The van der Waals surface area contributed by atoms with Gasteiger partial charge < -0.3 is 9.47 Å². The van der Waals surface area contributed by atoms with Crippen LogP contribution in [0, 0.1) is 5.92 Å². The molecule has 0 saturated carbocycles. The maximum atomic E-state index is 6.07. The Morgan fingerprint density at radius 3 is 2.55 bits per heavy atom. The molecule has 0 saturated heterocycles. The fraction of sp³-hybridized carbons (Fsp3) is 0.600. The van der Waals surface area contributed by atoms with Gasteiger partial charge in [0, 0.05) is 11.6 Å². The summed E-state index contributed by atoms with van der Waals surface area (Å²) in [7, 11) is 1.65. The third-order valence-electron chi connectivity index (χ3n) is 3.31. The van der Waals surface area contributed by atoms with Crippen LogP contribution in [0.15, 0.2) is 18.2 Å².